The number of anilines is 1. The Morgan fingerprint density at radius 2 is 1.54 bits per heavy atom. The maximum absolute atomic E-state index is 14.7. The smallest absolute Gasteiger partial charge is 0.322 e. The molecule has 4 rings (SSSR count). The molecule has 0 bridgehead atoms. The van der Waals surface area contributed by atoms with E-state index in [9.17, 15) is 18.8 Å². The Morgan fingerprint density at radius 3 is 2.23 bits per heavy atom. The van der Waals surface area contributed by atoms with Crippen LogP contribution in [0.15, 0.2) is 60.7 Å². The van der Waals surface area contributed by atoms with Gasteiger partial charge in [0, 0.05) is 26.2 Å². The van der Waals surface area contributed by atoms with Gasteiger partial charge in [-0.1, -0.05) is 24.3 Å². The highest BCUT2D eigenvalue weighted by Crippen LogP contribution is 2.32. The molecule has 0 aliphatic carbocycles. The minimum Gasteiger partial charge on any atom is -0.495 e. The number of piperazine rings is 1. The van der Waals surface area contributed by atoms with E-state index in [2.05, 4.69) is 5.32 Å². The SMILES string of the molecule is COc1ccccc1NC(=O)N1CCN(C(=O)c2cc(COc3c(OC)cccc3C(N)=O)ccc2F)CC1. The number of amides is 4. The lowest BCUT2D eigenvalue weighted by atomic mass is 10.1. The number of carbonyl (C=O) groups is 3. The van der Waals surface area contributed by atoms with Crippen LogP contribution in [0.3, 0.4) is 0 Å². The maximum Gasteiger partial charge on any atom is 0.322 e. The van der Waals surface area contributed by atoms with Crippen molar-refractivity contribution >= 4 is 23.5 Å². The summed E-state index contributed by atoms with van der Waals surface area (Å²) in [4.78, 5) is 40.8. The quantitative estimate of drug-likeness (QED) is 0.454. The van der Waals surface area contributed by atoms with E-state index in [-0.39, 0.29) is 55.7 Å². The van der Waals surface area contributed by atoms with Crippen molar-refractivity contribution in [1.29, 1.82) is 0 Å². The van der Waals surface area contributed by atoms with Crippen LogP contribution >= 0.6 is 0 Å². The van der Waals surface area contributed by atoms with Crippen LogP contribution in [0.4, 0.5) is 14.9 Å². The highest BCUT2D eigenvalue weighted by atomic mass is 19.1. The number of hydrogen-bond acceptors (Lipinski definition) is 6. The number of ether oxygens (including phenoxy) is 3. The Bertz CT molecular complexity index is 1370. The van der Waals surface area contributed by atoms with Crippen LogP contribution in [-0.2, 0) is 6.61 Å². The van der Waals surface area contributed by atoms with Gasteiger partial charge in [-0.2, -0.15) is 0 Å². The zero-order valence-electron chi connectivity index (χ0n) is 21.6. The van der Waals surface area contributed by atoms with Crippen LogP contribution in [-0.4, -0.2) is 68.0 Å². The molecule has 3 N–H and O–H groups in total. The number of methoxy groups -OCH3 is 2. The van der Waals surface area contributed by atoms with E-state index in [1.165, 1.54) is 43.4 Å². The monoisotopic (exact) mass is 536 g/mol. The summed E-state index contributed by atoms with van der Waals surface area (Å²) in [6.07, 6.45) is 0. The van der Waals surface area contributed by atoms with Gasteiger partial charge in [0.2, 0.25) is 0 Å². The molecular formula is C28H29FN4O6. The summed E-state index contributed by atoms with van der Waals surface area (Å²) in [6.45, 7) is 0.975. The number of hydrogen-bond donors (Lipinski definition) is 2. The minimum atomic E-state index is -0.686. The molecule has 0 radical (unpaired) electrons. The first-order valence-corrected chi connectivity index (χ1v) is 12.2. The molecule has 0 atom stereocenters. The van der Waals surface area contributed by atoms with Gasteiger partial charge < -0.3 is 35.1 Å². The second-order valence-electron chi connectivity index (χ2n) is 8.71. The molecule has 0 saturated carbocycles. The zero-order valence-corrected chi connectivity index (χ0v) is 21.6. The third-order valence-electron chi connectivity index (χ3n) is 6.31. The second kappa shape index (κ2) is 12.2. The number of primary amides is 1. The summed E-state index contributed by atoms with van der Waals surface area (Å²) < 4.78 is 31.0. The molecule has 1 aliphatic rings. The molecule has 3 aromatic carbocycles. The lowest BCUT2D eigenvalue weighted by Gasteiger charge is -2.35. The van der Waals surface area contributed by atoms with Crippen LogP contribution in [0.25, 0.3) is 0 Å². The Hall–Kier alpha value is -4.80. The number of rotatable bonds is 8. The zero-order chi connectivity index (χ0) is 27.9. The van der Waals surface area contributed by atoms with Crippen molar-refractivity contribution < 1.29 is 33.0 Å². The second-order valence-corrected chi connectivity index (χ2v) is 8.71. The third-order valence-corrected chi connectivity index (χ3v) is 6.31. The summed E-state index contributed by atoms with van der Waals surface area (Å²) in [6, 6.07) is 15.6. The van der Waals surface area contributed by atoms with E-state index in [0.717, 1.165) is 0 Å². The maximum atomic E-state index is 14.7. The molecular weight excluding hydrogens is 507 g/mol. The molecule has 10 nitrogen and oxygen atoms in total. The van der Waals surface area contributed by atoms with E-state index in [1.54, 1.807) is 41.3 Å². The largest absolute Gasteiger partial charge is 0.495 e. The lowest BCUT2D eigenvalue weighted by Crippen LogP contribution is -2.51. The minimum absolute atomic E-state index is 0.0574. The van der Waals surface area contributed by atoms with Crippen LogP contribution in [0.5, 0.6) is 17.2 Å². The highest BCUT2D eigenvalue weighted by molar-refractivity contribution is 5.97. The van der Waals surface area contributed by atoms with E-state index in [0.29, 0.717) is 22.7 Å². The summed E-state index contributed by atoms with van der Waals surface area (Å²) in [5.74, 6) is -0.834. The Balaban J connectivity index is 1.40. The first-order valence-electron chi connectivity index (χ1n) is 12.2. The molecule has 39 heavy (non-hydrogen) atoms. The van der Waals surface area contributed by atoms with Crippen molar-refractivity contribution in [1.82, 2.24) is 9.80 Å². The average Bonchev–Trinajstić information content (AvgIpc) is 2.96. The molecule has 0 unspecified atom stereocenters. The predicted molar refractivity (Wildman–Crippen MR) is 142 cm³/mol. The Labute approximate surface area is 225 Å². The fourth-order valence-corrected chi connectivity index (χ4v) is 4.23. The number of halogens is 1. The van der Waals surface area contributed by atoms with Gasteiger partial charge in [-0.15, -0.1) is 0 Å². The Morgan fingerprint density at radius 1 is 0.872 bits per heavy atom. The van der Waals surface area contributed by atoms with Gasteiger partial charge in [-0.25, -0.2) is 9.18 Å². The molecule has 1 saturated heterocycles. The molecule has 1 fully saturated rings. The number of urea groups is 1. The molecule has 11 heteroatoms. The van der Waals surface area contributed by atoms with E-state index in [1.807, 2.05) is 0 Å². The van der Waals surface area contributed by atoms with Crippen LogP contribution in [0.1, 0.15) is 26.3 Å². The number of para-hydroxylation sites is 3. The van der Waals surface area contributed by atoms with Crippen molar-refractivity contribution in [2.45, 2.75) is 6.61 Å². The fourth-order valence-electron chi connectivity index (χ4n) is 4.23. The predicted octanol–water partition coefficient (Wildman–Crippen LogP) is 3.51. The van der Waals surface area contributed by atoms with Gasteiger partial charge in [-0.05, 0) is 42.0 Å². The van der Waals surface area contributed by atoms with Crippen LogP contribution in [0, 0.1) is 5.82 Å². The summed E-state index contributed by atoms with van der Waals surface area (Å²) in [5, 5.41) is 2.82. The molecule has 4 amide bonds. The molecule has 1 heterocycles. The van der Waals surface area contributed by atoms with Crippen LogP contribution < -0.4 is 25.3 Å². The fraction of sp³-hybridized carbons (Fsp3) is 0.250. The van der Waals surface area contributed by atoms with Gasteiger partial charge in [0.1, 0.15) is 18.2 Å². The molecule has 0 spiro atoms. The standard InChI is InChI=1S/C28H29FN4O6/c1-37-23-8-4-3-7-22(23)31-28(36)33-14-12-32(13-15-33)27(35)20-16-18(10-11-21(20)29)17-39-25-19(26(30)34)6-5-9-24(25)38-2/h3-11,16H,12-15,17H2,1-2H3,(H2,30,34)(H,31,36). The van der Waals surface area contributed by atoms with Crippen molar-refractivity contribution in [3.8, 4) is 17.2 Å². The van der Waals surface area contributed by atoms with Crippen molar-refractivity contribution in [3.05, 3.63) is 83.2 Å². The summed E-state index contributed by atoms with van der Waals surface area (Å²) >= 11 is 0. The summed E-state index contributed by atoms with van der Waals surface area (Å²) in [5.41, 5.74) is 6.52. The third kappa shape index (κ3) is 6.20. The Kier molecular flexibility index (Phi) is 8.50. The number of nitrogens with one attached hydrogen (secondary N) is 1. The molecule has 3 aromatic rings. The van der Waals surface area contributed by atoms with E-state index >= 15 is 0 Å². The average molecular weight is 537 g/mol. The number of benzene rings is 3. The first-order chi connectivity index (χ1) is 18.8. The first kappa shape index (κ1) is 27.2. The van der Waals surface area contributed by atoms with Crippen molar-refractivity contribution in [3.63, 3.8) is 0 Å². The molecule has 0 aromatic heterocycles. The van der Waals surface area contributed by atoms with Gasteiger partial charge >= 0.3 is 6.03 Å². The number of nitrogens with zero attached hydrogens (tertiary/aromatic N) is 2. The lowest BCUT2D eigenvalue weighted by molar-refractivity contribution is 0.0666. The topological polar surface area (TPSA) is 123 Å². The van der Waals surface area contributed by atoms with Gasteiger partial charge in [0.15, 0.2) is 11.5 Å². The molecule has 1 aliphatic heterocycles. The van der Waals surface area contributed by atoms with Crippen molar-refractivity contribution in [2.24, 2.45) is 5.73 Å². The highest BCUT2D eigenvalue weighted by Gasteiger charge is 2.27. The van der Waals surface area contributed by atoms with Gasteiger partial charge in [0.25, 0.3) is 11.8 Å². The normalized spacial score (nSPS) is 13.0. The van der Waals surface area contributed by atoms with Crippen molar-refractivity contribution in [2.75, 3.05) is 45.7 Å². The van der Waals surface area contributed by atoms with Crippen LogP contribution in [0.2, 0.25) is 0 Å². The van der Waals surface area contributed by atoms with E-state index in [4.69, 9.17) is 19.9 Å². The van der Waals surface area contributed by atoms with E-state index < -0.39 is 17.6 Å². The van der Waals surface area contributed by atoms with Gasteiger partial charge in [-0.3, -0.25) is 9.59 Å². The number of nitrogens with two attached hydrogens (primary N) is 1. The number of carbonyl (C=O) groups excluding carboxylic acids is 3. The summed E-state index contributed by atoms with van der Waals surface area (Å²) in [7, 11) is 2.95. The van der Waals surface area contributed by atoms with Gasteiger partial charge in [0.05, 0.1) is 31.0 Å². The molecule has 204 valence electrons.